The highest BCUT2D eigenvalue weighted by Crippen LogP contribution is 2.37. The van der Waals surface area contributed by atoms with E-state index in [-0.39, 0.29) is 11.5 Å². The normalized spacial score (nSPS) is 19.5. The van der Waals surface area contributed by atoms with Crippen LogP contribution in [-0.2, 0) is 25.8 Å². The molecule has 1 fully saturated rings. The van der Waals surface area contributed by atoms with Crippen LogP contribution in [0, 0.1) is 0 Å². The fraction of sp³-hybridized carbons (Fsp3) is 0.263. The van der Waals surface area contributed by atoms with E-state index in [2.05, 4.69) is 22.8 Å². The lowest BCUT2D eigenvalue weighted by Gasteiger charge is -2.11. The van der Waals surface area contributed by atoms with E-state index in [1.54, 1.807) is 6.07 Å². The van der Waals surface area contributed by atoms with Gasteiger partial charge in [-0.05, 0) is 47.2 Å². The van der Waals surface area contributed by atoms with Crippen molar-refractivity contribution in [3.63, 3.8) is 0 Å². The topological polar surface area (TPSA) is 92.3 Å². The Kier molecular flexibility index (Phi) is 4.03. The van der Waals surface area contributed by atoms with Gasteiger partial charge in [-0.25, -0.2) is 8.42 Å². The molecular weight excluding hydrogens is 352 g/mol. The molecule has 0 spiro atoms. The minimum Gasteiger partial charge on any atom is -0.344 e. The first-order valence-corrected chi connectivity index (χ1v) is 10.3. The first kappa shape index (κ1) is 16.8. The second-order valence-electron chi connectivity index (χ2n) is 6.73. The van der Waals surface area contributed by atoms with Crippen molar-refractivity contribution in [2.75, 3.05) is 16.8 Å². The monoisotopic (exact) mass is 370 g/mol. The molecule has 4 rings (SSSR count). The summed E-state index contributed by atoms with van der Waals surface area (Å²) in [5.74, 6) is -1.66. The number of carbonyl (C=O) groups excluding carboxylic acids is 2. The van der Waals surface area contributed by atoms with Crippen molar-refractivity contribution < 1.29 is 18.0 Å². The largest absolute Gasteiger partial charge is 0.344 e. The predicted octanol–water partition coefficient (Wildman–Crippen LogP) is 1.50. The number of hydrogen-bond donors (Lipinski definition) is 2. The quantitative estimate of drug-likeness (QED) is 0.669. The van der Waals surface area contributed by atoms with Crippen molar-refractivity contribution in [1.82, 2.24) is 5.32 Å². The van der Waals surface area contributed by atoms with Crippen LogP contribution in [-0.4, -0.2) is 37.8 Å². The number of fused-ring (bicyclic) bond motifs is 3. The third-order valence-electron chi connectivity index (χ3n) is 4.83. The third kappa shape index (κ3) is 3.22. The fourth-order valence-corrected chi connectivity index (χ4v) is 5.24. The molecule has 0 radical (unpaired) electrons. The van der Waals surface area contributed by atoms with E-state index in [4.69, 9.17) is 0 Å². The van der Waals surface area contributed by atoms with E-state index in [0.29, 0.717) is 12.1 Å². The molecule has 134 valence electrons. The molecule has 0 unspecified atom stereocenters. The van der Waals surface area contributed by atoms with Crippen LogP contribution < -0.4 is 10.6 Å². The van der Waals surface area contributed by atoms with Crippen LogP contribution in [0.25, 0.3) is 11.1 Å². The number of amides is 2. The fourth-order valence-electron chi connectivity index (χ4n) is 3.57. The summed E-state index contributed by atoms with van der Waals surface area (Å²) in [5, 5.41) is 5.08. The molecule has 6 nitrogen and oxygen atoms in total. The highest BCUT2D eigenvalue weighted by Gasteiger charge is 2.30. The molecule has 2 aromatic rings. The van der Waals surface area contributed by atoms with E-state index < -0.39 is 27.7 Å². The molecule has 1 aliphatic carbocycles. The Bertz CT molecular complexity index is 1010. The number of carbonyl (C=O) groups is 2. The summed E-state index contributed by atoms with van der Waals surface area (Å²) in [4.78, 5) is 24.1. The lowest BCUT2D eigenvalue weighted by molar-refractivity contribution is -0.136. The Balaban J connectivity index is 1.43. The van der Waals surface area contributed by atoms with Gasteiger partial charge in [-0.2, -0.15) is 0 Å². The number of nitrogens with one attached hydrogen (secondary N) is 2. The smallest absolute Gasteiger partial charge is 0.313 e. The van der Waals surface area contributed by atoms with E-state index >= 15 is 0 Å². The van der Waals surface area contributed by atoms with Crippen LogP contribution in [0.1, 0.15) is 17.5 Å². The summed E-state index contributed by atoms with van der Waals surface area (Å²) < 4.78 is 22.9. The first-order valence-electron chi connectivity index (χ1n) is 8.45. The minimum atomic E-state index is -3.11. The van der Waals surface area contributed by atoms with Crippen LogP contribution in [0.3, 0.4) is 0 Å². The van der Waals surface area contributed by atoms with Gasteiger partial charge in [0.2, 0.25) is 0 Å². The molecule has 1 heterocycles. The van der Waals surface area contributed by atoms with Crippen molar-refractivity contribution in [3.8, 4) is 11.1 Å². The molecule has 2 aliphatic rings. The molecule has 0 aromatic heterocycles. The molecule has 1 saturated heterocycles. The molecule has 1 aliphatic heterocycles. The average molecular weight is 370 g/mol. The van der Waals surface area contributed by atoms with E-state index in [9.17, 15) is 18.0 Å². The van der Waals surface area contributed by atoms with Gasteiger partial charge in [0.05, 0.1) is 11.5 Å². The van der Waals surface area contributed by atoms with Gasteiger partial charge in [0.15, 0.2) is 9.84 Å². The van der Waals surface area contributed by atoms with Gasteiger partial charge < -0.3 is 10.6 Å². The summed E-state index contributed by atoms with van der Waals surface area (Å²) >= 11 is 0. The second-order valence-corrected chi connectivity index (χ2v) is 8.96. The SMILES string of the molecule is O=C(Nc1ccc2c(c1)Cc1ccccc1-2)C(=O)N[C@@H]1CCS(=O)(=O)C1. The van der Waals surface area contributed by atoms with Gasteiger partial charge >= 0.3 is 11.8 Å². The Morgan fingerprint density at radius 2 is 1.73 bits per heavy atom. The van der Waals surface area contributed by atoms with Crippen molar-refractivity contribution in [1.29, 1.82) is 0 Å². The number of sulfone groups is 1. The maximum Gasteiger partial charge on any atom is 0.313 e. The first-order chi connectivity index (χ1) is 12.4. The predicted molar refractivity (Wildman–Crippen MR) is 98.5 cm³/mol. The summed E-state index contributed by atoms with van der Waals surface area (Å²) in [6, 6.07) is 13.2. The van der Waals surface area contributed by atoms with E-state index in [0.717, 1.165) is 17.5 Å². The van der Waals surface area contributed by atoms with Gasteiger partial charge in [-0.3, -0.25) is 9.59 Å². The molecule has 0 bridgehead atoms. The number of rotatable bonds is 2. The summed E-state index contributed by atoms with van der Waals surface area (Å²) in [7, 11) is -3.11. The average Bonchev–Trinajstić information content (AvgIpc) is 3.13. The zero-order valence-corrected chi connectivity index (χ0v) is 14.8. The van der Waals surface area contributed by atoms with Crippen LogP contribution in [0.4, 0.5) is 5.69 Å². The van der Waals surface area contributed by atoms with Crippen LogP contribution in [0.15, 0.2) is 42.5 Å². The summed E-state index contributed by atoms with van der Waals surface area (Å²) in [6.07, 6.45) is 1.14. The van der Waals surface area contributed by atoms with Crippen molar-refractivity contribution >= 4 is 27.3 Å². The standard InChI is InChI=1S/C19H18N2O4S/c22-18(19(23)21-15-7-8-26(24,25)11-15)20-14-5-6-17-13(10-14)9-12-3-1-2-4-16(12)17/h1-6,10,15H,7-9,11H2,(H,20,22)(H,21,23)/t15-/m1/s1. The van der Waals surface area contributed by atoms with Crippen LogP contribution in [0.5, 0.6) is 0 Å². The highest BCUT2D eigenvalue weighted by molar-refractivity contribution is 7.91. The summed E-state index contributed by atoms with van der Waals surface area (Å²) in [5.41, 5.74) is 5.23. The van der Waals surface area contributed by atoms with E-state index in [1.165, 1.54) is 11.1 Å². The molecule has 0 saturated carbocycles. The Hall–Kier alpha value is -2.67. The minimum absolute atomic E-state index is 0.0466. The maximum atomic E-state index is 12.1. The van der Waals surface area contributed by atoms with Gasteiger partial charge in [-0.15, -0.1) is 0 Å². The van der Waals surface area contributed by atoms with Crippen LogP contribution in [0.2, 0.25) is 0 Å². The van der Waals surface area contributed by atoms with Crippen molar-refractivity contribution in [2.24, 2.45) is 0 Å². The Morgan fingerprint density at radius 1 is 0.962 bits per heavy atom. The summed E-state index contributed by atoms with van der Waals surface area (Å²) in [6.45, 7) is 0. The molecule has 2 aromatic carbocycles. The van der Waals surface area contributed by atoms with E-state index in [1.807, 2.05) is 24.3 Å². The second kappa shape index (κ2) is 6.25. The number of benzene rings is 2. The molecule has 1 atom stereocenters. The van der Waals surface area contributed by atoms with Crippen molar-refractivity contribution in [3.05, 3.63) is 53.6 Å². The number of hydrogen-bond acceptors (Lipinski definition) is 4. The van der Waals surface area contributed by atoms with Gasteiger partial charge in [-0.1, -0.05) is 30.3 Å². The van der Waals surface area contributed by atoms with Gasteiger partial charge in [0, 0.05) is 11.7 Å². The maximum absolute atomic E-state index is 12.1. The lowest BCUT2D eigenvalue weighted by atomic mass is 10.1. The molecule has 2 amide bonds. The molecule has 2 N–H and O–H groups in total. The molecular formula is C19H18N2O4S. The van der Waals surface area contributed by atoms with Gasteiger partial charge in [0.1, 0.15) is 0 Å². The Morgan fingerprint density at radius 3 is 2.50 bits per heavy atom. The lowest BCUT2D eigenvalue weighted by Crippen LogP contribution is -2.42. The third-order valence-corrected chi connectivity index (χ3v) is 6.59. The molecule has 7 heteroatoms. The molecule has 26 heavy (non-hydrogen) atoms. The zero-order valence-electron chi connectivity index (χ0n) is 14.0. The highest BCUT2D eigenvalue weighted by atomic mass is 32.2. The van der Waals surface area contributed by atoms with Crippen molar-refractivity contribution in [2.45, 2.75) is 18.9 Å². The Labute approximate surface area is 151 Å². The zero-order chi connectivity index (χ0) is 18.3. The van der Waals surface area contributed by atoms with Crippen LogP contribution >= 0.6 is 0 Å². The number of anilines is 1. The van der Waals surface area contributed by atoms with Gasteiger partial charge in [0.25, 0.3) is 0 Å².